The highest BCUT2D eigenvalue weighted by atomic mass is 19.4. The summed E-state index contributed by atoms with van der Waals surface area (Å²) in [6, 6.07) is 8.45. The van der Waals surface area contributed by atoms with E-state index in [1.807, 2.05) is 0 Å². The monoisotopic (exact) mass is 523 g/mol. The van der Waals surface area contributed by atoms with E-state index in [4.69, 9.17) is 4.74 Å². The Bertz CT molecular complexity index is 1050. The number of nitrogens with one attached hydrogen (secondary N) is 1. The molecular weight excluding hydrogens is 511 g/mol. The van der Waals surface area contributed by atoms with Gasteiger partial charge in [-0.25, -0.2) is 4.79 Å². The zero-order chi connectivity index (χ0) is 26.7. The molecule has 0 atom stereocenters. The molecular formula is C20H12F11NO3. The highest BCUT2D eigenvalue weighted by molar-refractivity contribution is 5.84. The standard InChI is InChI=1S/C20H12F11NO3/c21-14(17(23,24)18(25,26)19(27,28)20(29,30)31)15(22)35-13-8-6-12(7-9-13)32-16(33)34-10-11-4-2-1-3-5-11/h1-9H,10H2,(H,32,33). The summed E-state index contributed by atoms with van der Waals surface area (Å²) in [7, 11) is 0. The van der Waals surface area contributed by atoms with Gasteiger partial charge in [-0.1, -0.05) is 30.3 Å². The van der Waals surface area contributed by atoms with Crippen molar-refractivity contribution >= 4 is 11.8 Å². The van der Waals surface area contributed by atoms with Gasteiger partial charge in [-0.05, 0) is 29.8 Å². The maximum Gasteiger partial charge on any atom is 0.460 e. The summed E-state index contributed by atoms with van der Waals surface area (Å²) in [6.45, 7) is -0.116. The first-order chi connectivity index (χ1) is 16.0. The van der Waals surface area contributed by atoms with Crippen LogP contribution in [-0.2, 0) is 11.3 Å². The molecule has 0 bridgehead atoms. The predicted octanol–water partition coefficient (Wildman–Crippen LogP) is 7.39. The van der Waals surface area contributed by atoms with Crippen molar-refractivity contribution in [2.75, 3.05) is 5.32 Å². The van der Waals surface area contributed by atoms with Gasteiger partial charge >= 0.3 is 36.1 Å². The maximum absolute atomic E-state index is 13.6. The van der Waals surface area contributed by atoms with E-state index < -0.39 is 47.6 Å². The summed E-state index contributed by atoms with van der Waals surface area (Å²) < 4.78 is 151. The average molecular weight is 523 g/mol. The van der Waals surface area contributed by atoms with Crippen LogP contribution in [0.1, 0.15) is 5.56 Å². The Labute approximate surface area is 188 Å². The van der Waals surface area contributed by atoms with Crippen molar-refractivity contribution in [1.29, 1.82) is 0 Å². The highest BCUT2D eigenvalue weighted by Gasteiger charge is 2.83. The number of allylic oxidation sites excluding steroid dienone is 1. The third-order valence-electron chi connectivity index (χ3n) is 4.11. The van der Waals surface area contributed by atoms with Crippen molar-refractivity contribution in [3.63, 3.8) is 0 Å². The minimum Gasteiger partial charge on any atom is -0.444 e. The molecule has 0 saturated carbocycles. The Morgan fingerprint density at radius 3 is 1.83 bits per heavy atom. The highest BCUT2D eigenvalue weighted by Crippen LogP contribution is 2.55. The molecule has 15 heteroatoms. The molecule has 0 fully saturated rings. The lowest BCUT2D eigenvalue weighted by molar-refractivity contribution is -0.392. The van der Waals surface area contributed by atoms with E-state index in [0.717, 1.165) is 12.1 Å². The van der Waals surface area contributed by atoms with Gasteiger partial charge in [0.1, 0.15) is 12.4 Å². The SMILES string of the molecule is O=C(Nc1ccc(OC(F)=C(F)C(F)(F)C(F)(F)C(F)(F)C(F)(F)F)cc1)OCc1ccccc1. The van der Waals surface area contributed by atoms with E-state index >= 15 is 0 Å². The Morgan fingerprint density at radius 1 is 0.771 bits per heavy atom. The number of ether oxygens (including phenoxy) is 2. The van der Waals surface area contributed by atoms with Crippen LogP contribution in [0.15, 0.2) is 66.4 Å². The van der Waals surface area contributed by atoms with Crippen LogP contribution in [0.4, 0.5) is 58.8 Å². The number of carbonyl (C=O) groups is 1. The number of amides is 1. The van der Waals surface area contributed by atoms with Gasteiger partial charge in [0, 0.05) is 5.69 Å². The second-order valence-electron chi connectivity index (χ2n) is 6.62. The van der Waals surface area contributed by atoms with E-state index in [-0.39, 0.29) is 12.3 Å². The fourth-order valence-electron chi connectivity index (χ4n) is 2.27. The summed E-state index contributed by atoms with van der Waals surface area (Å²) in [5, 5.41) is 2.18. The van der Waals surface area contributed by atoms with E-state index in [9.17, 15) is 53.1 Å². The second kappa shape index (κ2) is 10.00. The molecule has 2 rings (SSSR count). The van der Waals surface area contributed by atoms with Gasteiger partial charge in [-0.3, -0.25) is 5.32 Å². The minimum atomic E-state index is -7.41. The number of halogens is 11. The van der Waals surface area contributed by atoms with Crippen LogP contribution in [-0.4, -0.2) is 30.0 Å². The van der Waals surface area contributed by atoms with E-state index in [2.05, 4.69) is 10.1 Å². The Morgan fingerprint density at radius 2 is 1.31 bits per heavy atom. The van der Waals surface area contributed by atoms with Crippen molar-refractivity contribution in [2.24, 2.45) is 0 Å². The van der Waals surface area contributed by atoms with Crippen LogP contribution < -0.4 is 10.1 Å². The molecule has 1 N–H and O–H groups in total. The van der Waals surface area contributed by atoms with Gasteiger partial charge < -0.3 is 9.47 Å². The quantitative estimate of drug-likeness (QED) is 0.290. The average Bonchev–Trinajstić information content (AvgIpc) is 2.78. The lowest BCUT2D eigenvalue weighted by Gasteiger charge is -2.32. The van der Waals surface area contributed by atoms with Crippen molar-refractivity contribution < 1.29 is 62.6 Å². The lowest BCUT2D eigenvalue weighted by Crippen LogP contribution is -2.61. The van der Waals surface area contributed by atoms with Crippen LogP contribution >= 0.6 is 0 Å². The van der Waals surface area contributed by atoms with Gasteiger partial charge in [-0.15, -0.1) is 0 Å². The maximum atomic E-state index is 13.6. The molecule has 192 valence electrons. The van der Waals surface area contributed by atoms with Crippen LogP contribution in [0, 0.1) is 0 Å². The second-order valence-corrected chi connectivity index (χ2v) is 6.62. The normalized spacial score (nSPS) is 13.7. The van der Waals surface area contributed by atoms with Crippen LogP contribution in [0.25, 0.3) is 0 Å². The van der Waals surface area contributed by atoms with Crippen LogP contribution in [0.5, 0.6) is 5.75 Å². The van der Waals surface area contributed by atoms with Crippen LogP contribution in [0.3, 0.4) is 0 Å². The number of carbonyl (C=O) groups excluding carboxylic acids is 1. The first kappa shape index (κ1) is 27.7. The summed E-state index contributed by atoms with van der Waals surface area (Å²) >= 11 is 0. The number of alkyl halides is 9. The molecule has 0 aliphatic rings. The zero-order valence-corrected chi connectivity index (χ0v) is 16.8. The third-order valence-corrected chi connectivity index (χ3v) is 4.11. The van der Waals surface area contributed by atoms with Crippen molar-refractivity contribution in [1.82, 2.24) is 0 Å². The van der Waals surface area contributed by atoms with Gasteiger partial charge in [0.05, 0.1) is 0 Å². The van der Waals surface area contributed by atoms with Gasteiger partial charge in [-0.2, -0.15) is 48.3 Å². The van der Waals surface area contributed by atoms with Crippen molar-refractivity contribution in [3.05, 3.63) is 72.0 Å². The number of hydrogen-bond donors (Lipinski definition) is 1. The molecule has 0 aliphatic heterocycles. The number of rotatable bonds is 8. The van der Waals surface area contributed by atoms with Gasteiger partial charge in [0.15, 0.2) is 0 Å². The molecule has 0 aromatic heterocycles. The Hall–Kier alpha value is -3.52. The van der Waals surface area contributed by atoms with E-state index in [1.54, 1.807) is 30.3 Å². The lowest BCUT2D eigenvalue weighted by atomic mass is 10.0. The zero-order valence-electron chi connectivity index (χ0n) is 16.8. The van der Waals surface area contributed by atoms with E-state index in [0.29, 0.717) is 17.7 Å². The fourth-order valence-corrected chi connectivity index (χ4v) is 2.27. The van der Waals surface area contributed by atoms with E-state index in [1.165, 1.54) is 0 Å². The molecule has 0 heterocycles. The number of benzene rings is 2. The Balaban J connectivity index is 2.09. The predicted molar refractivity (Wildman–Crippen MR) is 97.5 cm³/mol. The smallest absolute Gasteiger partial charge is 0.444 e. The Kier molecular flexibility index (Phi) is 7.92. The first-order valence-electron chi connectivity index (χ1n) is 9.02. The van der Waals surface area contributed by atoms with Gasteiger partial charge in [0.2, 0.25) is 5.83 Å². The molecule has 0 aliphatic carbocycles. The molecule has 2 aromatic carbocycles. The molecule has 2 aromatic rings. The molecule has 0 unspecified atom stereocenters. The number of hydrogen-bond acceptors (Lipinski definition) is 3. The molecule has 0 radical (unpaired) electrons. The van der Waals surface area contributed by atoms with Crippen LogP contribution in [0.2, 0.25) is 0 Å². The largest absolute Gasteiger partial charge is 0.460 e. The summed E-state index contributed by atoms with van der Waals surface area (Å²) in [5.41, 5.74) is 0.591. The molecule has 0 saturated heterocycles. The molecule has 4 nitrogen and oxygen atoms in total. The summed E-state index contributed by atoms with van der Waals surface area (Å²) in [4.78, 5) is 11.7. The third kappa shape index (κ3) is 5.95. The number of anilines is 1. The minimum absolute atomic E-state index is 0.0537. The first-order valence-corrected chi connectivity index (χ1v) is 9.02. The van der Waals surface area contributed by atoms with Gasteiger partial charge in [0.25, 0.3) is 0 Å². The summed E-state index contributed by atoms with van der Waals surface area (Å²) in [6.07, 6.45) is -8.17. The molecule has 1 amide bonds. The molecule has 0 spiro atoms. The molecule has 35 heavy (non-hydrogen) atoms. The summed E-state index contributed by atoms with van der Waals surface area (Å²) in [5.74, 6) is -26.6. The fraction of sp³-hybridized carbons (Fsp3) is 0.250. The topological polar surface area (TPSA) is 47.6 Å². The van der Waals surface area contributed by atoms with Crippen molar-refractivity contribution in [2.45, 2.75) is 30.6 Å². The van der Waals surface area contributed by atoms with Crippen molar-refractivity contribution in [3.8, 4) is 5.75 Å².